The topological polar surface area (TPSA) is 75.2 Å². The first-order valence-electron chi connectivity index (χ1n) is 3.61. The van der Waals surface area contributed by atoms with E-state index in [9.17, 15) is 8.42 Å². The third-order valence-corrected chi connectivity index (χ3v) is 2.98. The van der Waals surface area contributed by atoms with Crippen molar-refractivity contribution in [3.63, 3.8) is 0 Å². The highest BCUT2D eigenvalue weighted by Crippen LogP contribution is 2.08. The quantitative estimate of drug-likeness (QED) is 0.822. The van der Waals surface area contributed by atoms with Gasteiger partial charge in [-0.15, -0.1) is 10.2 Å². The van der Waals surface area contributed by atoms with Crippen LogP contribution in [0.5, 0.6) is 0 Å². The van der Waals surface area contributed by atoms with Crippen LogP contribution in [0.1, 0.15) is 0 Å². The molecule has 0 aliphatic heterocycles. The maximum absolute atomic E-state index is 11.3. The Kier molecular flexibility index (Phi) is 3.25. The number of nitrogens with one attached hydrogen (secondary N) is 1. The van der Waals surface area contributed by atoms with Gasteiger partial charge in [-0.2, -0.15) is 12.7 Å². The smallest absolute Gasteiger partial charge is 0.253 e. The second-order valence-corrected chi connectivity index (χ2v) is 4.90. The zero-order chi connectivity index (χ0) is 10.8. The molecule has 1 aromatic rings. The molecule has 0 spiro atoms. The van der Waals surface area contributed by atoms with Crippen molar-refractivity contribution < 1.29 is 8.42 Å². The summed E-state index contributed by atoms with van der Waals surface area (Å²) in [6.45, 7) is 0. The van der Waals surface area contributed by atoms with Crippen molar-refractivity contribution in [3.05, 3.63) is 17.3 Å². The molecule has 8 heteroatoms. The van der Waals surface area contributed by atoms with Crippen molar-refractivity contribution in [2.24, 2.45) is 0 Å². The highest BCUT2D eigenvalue weighted by atomic mass is 35.5. The zero-order valence-corrected chi connectivity index (χ0v) is 9.17. The van der Waals surface area contributed by atoms with E-state index in [0.717, 1.165) is 4.31 Å². The van der Waals surface area contributed by atoms with E-state index >= 15 is 0 Å². The summed E-state index contributed by atoms with van der Waals surface area (Å²) in [5.74, 6) is 0.128. The van der Waals surface area contributed by atoms with Gasteiger partial charge in [0, 0.05) is 14.1 Å². The highest BCUT2D eigenvalue weighted by molar-refractivity contribution is 7.90. The molecular formula is C6H9ClN4O2S. The first kappa shape index (κ1) is 11.2. The Labute approximate surface area is 87.1 Å². The second-order valence-electron chi connectivity index (χ2n) is 2.63. The van der Waals surface area contributed by atoms with Gasteiger partial charge in [0.1, 0.15) is 0 Å². The summed E-state index contributed by atoms with van der Waals surface area (Å²) in [5.41, 5.74) is 0. The molecule has 0 atom stereocenters. The van der Waals surface area contributed by atoms with E-state index in [1.165, 1.54) is 26.2 Å². The summed E-state index contributed by atoms with van der Waals surface area (Å²) in [6, 6.07) is 2.87. The van der Waals surface area contributed by atoms with Crippen molar-refractivity contribution in [2.45, 2.75) is 0 Å². The predicted molar refractivity (Wildman–Crippen MR) is 53.3 cm³/mol. The second kappa shape index (κ2) is 4.07. The molecule has 0 aromatic carbocycles. The standard InChI is InChI=1S/C6H9ClN4O2S/c1-11(2)14(12,13)10-6-4-3-5(7)8-9-6/h3-4H,1-2H3,(H,9,10). The van der Waals surface area contributed by atoms with Crippen LogP contribution in [0.25, 0.3) is 0 Å². The molecule has 0 saturated heterocycles. The van der Waals surface area contributed by atoms with Gasteiger partial charge >= 0.3 is 10.2 Å². The van der Waals surface area contributed by atoms with Gasteiger partial charge in [0.05, 0.1) is 0 Å². The number of halogens is 1. The van der Waals surface area contributed by atoms with Gasteiger partial charge < -0.3 is 0 Å². The lowest BCUT2D eigenvalue weighted by molar-refractivity contribution is 0.526. The fourth-order valence-corrected chi connectivity index (χ4v) is 1.25. The van der Waals surface area contributed by atoms with E-state index < -0.39 is 10.2 Å². The summed E-state index contributed by atoms with van der Waals surface area (Å²) in [5, 5.41) is 7.25. The fraction of sp³-hybridized carbons (Fsp3) is 0.333. The van der Waals surface area contributed by atoms with Crippen LogP contribution in [0.3, 0.4) is 0 Å². The minimum absolute atomic E-state index is 0.128. The molecule has 0 unspecified atom stereocenters. The molecule has 1 rings (SSSR count). The van der Waals surface area contributed by atoms with Crippen LogP contribution in [-0.4, -0.2) is 37.0 Å². The molecule has 0 aliphatic rings. The average Bonchev–Trinajstić information content (AvgIpc) is 2.08. The number of aromatic nitrogens is 2. The van der Waals surface area contributed by atoms with Gasteiger partial charge in [0.2, 0.25) is 0 Å². The number of nitrogens with zero attached hydrogens (tertiary/aromatic N) is 3. The molecule has 1 aromatic heterocycles. The van der Waals surface area contributed by atoms with Crippen LogP contribution in [0.15, 0.2) is 12.1 Å². The zero-order valence-electron chi connectivity index (χ0n) is 7.60. The minimum atomic E-state index is -3.53. The molecule has 1 N–H and O–H groups in total. The van der Waals surface area contributed by atoms with Crippen molar-refractivity contribution in [1.29, 1.82) is 0 Å². The van der Waals surface area contributed by atoms with E-state index in [-0.39, 0.29) is 11.0 Å². The third-order valence-electron chi connectivity index (χ3n) is 1.35. The Hall–Kier alpha value is -0.920. The van der Waals surface area contributed by atoms with Crippen LogP contribution in [0.4, 0.5) is 5.82 Å². The van der Waals surface area contributed by atoms with Crippen LogP contribution in [-0.2, 0) is 10.2 Å². The summed E-state index contributed by atoms with van der Waals surface area (Å²) in [7, 11) is -0.710. The summed E-state index contributed by atoms with van der Waals surface area (Å²) in [4.78, 5) is 0. The van der Waals surface area contributed by atoms with Crippen molar-refractivity contribution in [2.75, 3.05) is 18.8 Å². The lowest BCUT2D eigenvalue weighted by atomic mass is 10.5. The van der Waals surface area contributed by atoms with Crippen molar-refractivity contribution >= 4 is 27.6 Å². The van der Waals surface area contributed by atoms with Gasteiger partial charge in [0.25, 0.3) is 0 Å². The van der Waals surface area contributed by atoms with Gasteiger partial charge in [0.15, 0.2) is 11.0 Å². The predicted octanol–water partition coefficient (Wildman–Crippen LogP) is 0.348. The number of anilines is 1. The summed E-state index contributed by atoms with van der Waals surface area (Å²) in [6.07, 6.45) is 0. The van der Waals surface area contributed by atoms with E-state index in [2.05, 4.69) is 14.9 Å². The van der Waals surface area contributed by atoms with Crippen molar-refractivity contribution in [3.8, 4) is 0 Å². The van der Waals surface area contributed by atoms with E-state index in [1.807, 2.05) is 0 Å². The van der Waals surface area contributed by atoms with Gasteiger partial charge in [-0.05, 0) is 12.1 Å². The molecule has 0 aliphatic carbocycles. The van der Waals surface area contributed by atoms with Crippen molar-refractivity contribution in [1.82, 2.24) is 14.5 Å². The van der Waals surface area contributed by atoms with Gasteiger partial charge in [-0.1, -0.05) is 11.6 Å². The Bertz CT molecular complexity index is 402. The van der Waals surface area contributed by atoms with Gasteiger partial charge in [-0.3, -0.25) is 4.72 Å². The minimum Gasteiger partial charge on any atom is -0.253 e. The molecule has 0 bridgehead atoms. The summed E-state index contributed by atoms with van der Waals surface area (Å²) < 4.78 is 25.8. The maximum Gasteiger partial charge on any atom is 0.302 e. The lowest BCUT2D eigenvalue weighted by Gasteiger charge is -2.11. The molecule has 0 fully saturated rings. The van der Waals surface area contributed by atoms with E-state index in [4.69, 9.17) is 11.6 Å². The molecule has 14 heavy (non-hydrogen) atoms. The lowest BCUT2D eigenvalue weighted by Crippen LogP contribution is -2.29. The molecule has 0 radical (unpaired) electrons. The fourth-order valence-electron chi connectivity index (χ4n) is 0.594. The van der Waals surface area contributed by atoms with Crippen LogP contribution in [0.2, 0.25) is 5.15 Å². The molecule has 1 heterocycles. The third kappa shape index (κ3) is 2.79. The van der Waals surface area contributed by atoms with E-state index in [1.54, 1.807) is 0 Å². The first-order chi connectivity index (χ1) is 6.42. The largest absolute Gasteiger partial charge is 0.302 e. The van der Waals surface area contributed by atoms with E-state index in [0.29, 0.717) is 0 Å². The highest BCUT2D eigenvalue weighted by Gasteiger charge is 2.13. The van der Waals surface area contributed by atoms with Crippen LogP contribution >= 0.6 is 11.6 Å². The molecule has 6 nitrogen and oxygen atoms in total. The molecule has 0 amide bonds. The van der Waals surface area contributed by atoms with Gasteiger partial charge in [-0.25, -0.2) is 0 Å². The Balaban J connectivity index is 2.85. The SMILES string of the molecule is CN(C)S(=O)(=O)Nc1ccc(Cl)nn1. The Morgan fingerprint density at radius 2 is 2.00 bits per heavy atom. The van der Waals surface area contributed by atoms with Crippen LogP contribution < -0.4 is 4.72 Å². The normalized spacial score (nSPS) is 11.7. The van der Waals surface area contributed by atoms with Crippen LogP contribution in [0, 0.1) is 0 Å². The average molecular weight is 237 g/mol. The first-order valence-corrected chi connectivity index (χ1v) is 5.43. The maximum atomic E-state index is 11.3. The molecule has 0 saturated carbocycles. The molecule has 78 valence electrons. The number of rotatable bonds is 3. The molecular weight excluding hydrogens is 228 g/mol. The Morgan fingerprint density at radius 3 is 2.43 bits per heavy atom. The Morgan fingerprint density at radius 1 is 1.36 bits per heavy atom. The summed E-state index contributed by atoms with van der Waals surface area (Å²) >= 11 is 5.48. The number of hydrogen-bond donors (Lipinski definition) is 1. The number of hydrogen-bond acceptors (Lipinski definition) is 4. The monoisotopic (exact) mass is 236 g/mol.